The fraction of sp³-hybridized carbons (Fsp3) is 0.816. The zero-order valence-corrected chi connectivity index (χ0v) is 39.9. The average Bonchev–Trinajstić information content (AvgIpc) is 3.26. The zero-order valence-electron chi connectivity index (χ0n) is 39.0. The summed E-state index contributed by atoms with van der Waals surface area (Å²) in [5.74, 6) is -0.613. The Kier molecular flexibility index (Phi) is 36.1. The van der Waals surface area contributed by atoms with E-state index in [0.29, 0.717) is 19.3 Å². The van der Waals surface area contributed by atoms with E-state index in [1.54, 1.807) is 6.08 Å². The lowest BCUT2D eigenvalue weighted by Crippen LogP contribution is -2.64. The summed E-state index contributed by atoms with van der Waals surface area (Å²) in [6.45, 7) is 3.71. The molecule has 9 N–H and O–H groups in total. The molecule has 0 aromatic carbocycles. The smallest absolute Gasteiger partial charge is 0.393 e. The number of unbranched alkanes of at least 4 members (excludes halogenated alkanes) is 21. The highest BCUT2D eigenvalue weighted by molar-refractivity contribution is 7.47. The predicted molar refractivity (Wildman–Crippen MR) is 252 cm³/mol. The van der Waals surface area contributed by atoms with Gasteiger partial charge in [0.15, 0.2) is 0 Å². The Bertz CT molecular complexity index is 1260. The molecule has 0 aromatic rings. The van der Waals surface area contributed by atoms with Gasteiger partial charge in [0.1, 0.15) is 36.6 Å². The Balaban J connectivity index is 2.57. The third-order valence-electron chi connectivity index (χ3n) is 11.6. The maximum absolute atomic E-state index is 13.0. The van der Waals surface area contributed by atoms with Crippen molar-refractivity contribution in [2.24, 2.45) is 0 Å². The normalized spacial score (nSPS) is 23.3. The van der Waals surface area contributed by atoms with E-state index in [4.69, 9.17) is 9.05 Å². The van der Waals surface area contributed by atoms with Crippen molar-refractivity contribution in [3.63, 3.8) is 0 Å². The van der Waals surface area contributed by atoms with E-state index in [-0.39, 0.29) is 6.42 Å². The third kappa shape index (κ3) is 30.2. The van der Waals surface area contributed by atoms with Crippen molar-refractivity contribution in [1.29, 1.82) is 0 Å². The largest absolute Gasteiger partial charge is 0.472 e. The number of hydrogen-bond acceptors (Lipinski definition) is 11. The highest BCUT2D eigenvalue weighted by atomic mass is 31.2. The molecule has 1 aliphatic rings. The molecule has 0 saturated heterocycles. The first kappa shape index (κ1) is 59.3. The van der Waals surface area contributed by atoms with Crippen molar-refractivity contribution in [2.75, 3.05) is 6.61 Å². The standard InChI is InChI=1S/C49H90NO12P/c1-3-5-7-9-11-13-15-17-18-19-20-21-22-23-25-27-29-31-33-35-37-42(52)41(39-61-63(59,60)62-49-47(57)45(55)44(54)46(56)48(49)58)50-43(53)38-40(51)36-34-32-30-28-26-24-16-14-12-10-8-6-4-2/h14,16,21-22,27,29,35,37,40-42,44-49,51-52,54-58H,3-13,15,17-20,23-26,28,30-34,36,38-39H2,1-2H3,(H,50,53)(H,59,60)/b16-14-,22-21+,29-27+,37-35+. The number of allylic oxidation sites excluding steroid dienone is 7. The Morgan fingerprint density at radius 3 is 1.41 bits per heavy atom. The summed E-state index contributed by atoms with van der Waals surface area (Å²) >= 11 is 0. The first-order valence-corrected chi connectivity index (χ1v) is 26.2. The van der Waals surface area contributed by atoms with Crippen molar-refractivity contribution < 1.29 is 59.0 Å². The van der Waals surface area contributed by atoms with Crippen LogP contribution in [0.4, 0.5) is 0 Å². The van der Waals surface area contributed by atoms with E-state index in [0.717, 1.165) is 64.2 Å². The predicted octanol–water partition coefficient (Wildman–Crippen LogP) is 8.70. The summed E-state index contributed by atoms with van der Waals surface area (Å²) in [7, 11) is -5.16. The molecule has 13 nitrogen and oxygen atoms in total. The minimum atomic E-state index is -5.16. The second-order valence-corrected chi connectivity index (χ2v) is 18.9. The van der Waals surface area contributed by atoms with Crippen molar-refractivity contribution in [3.8, 4) is 0 Å². The zero-order chi connectivity index (χ0) is 46.6. The molecule has 1 amide bonds. The van der Waals surface area contributed by atoms with Gasteiger partial charge in [0.2, 0.25) is 5.91 Å². The quantitative estimate of drug-likeness (QED) is 0.0160. The number of rotatable bonds is 40. The second kappa shape index (κ2) is 38.4. The molecule has 0 heterocycles. The third-order valence-corrected chi connectivity index (χ3v) is 12.6. The molecule has 63 heavy (non-hydrogen) atoms. The van der Waals surface area contributed by atoms with Gasteiger partial charge in [-0.05, 0) is 70.6 Å². The van der Waals surface area contributed by atoms with E-state index >= 15 is 0 Å². The molecular formula is C49H90NO12P. The molecule has 0 spiro atoms. The van der Waals surface area contributed by atoms with Gasteiger partial charge in [0, 0.05) is 0 Å². The molecule has 1 aliphatic carbocycles. The molecule has 1 fully saturated rings. The van der Waals surface area contributed by atoms with Gasteiger partial charge < -0.3 is 46.0 Å². The van der Waals surface area contributed by atoms with E-state index in [2.05, 4.69) is 55.6 Å². The summed E-state index contributed by atoms with van der Waals surface area (Å²) in [4.78, 5) is 23.4. The van der Waals surface area contributed by atoms with E-state index in [1.165, 1.54) is 96.0 Å². The van der Waals surface area contributed by atoms with E-state index in [1.807, 2.05) is 0 Å². The van der Waals surface area contributed by atoms with Gasteiger partial charge in [0.25, 0.3) is 0 Å². The summed E-state index contributed by atoms with van der Waals surface area (Å²) in [6.07, 6.45) is 32.0. The topological polar surface area (TPSA) is 226 Å². The van der Waals surface area contributed by atoms with E-state index < -0.39 is 75.2 Å². The fourth-order valence-corrected chi connectivity index (χ4v) is 8.53. The van der Waals surface area contributed by atoms with Crippen LogP contribution in [0.15, 0.2) is 48.6 Å². The molecule has 8 unspecified atom stereocenters. The molecule has 0 aliphatic heterocycles. The average molecular weight is 916 g/mol. The lowest BCUT2D eigenvalue weighted by Gasteiger charge is -2.41. The van der Waals surface area contributed by atoms with Gasteiger partial charge in [-0.1, -0.05) is 165 Å². The van der Waals surface area contributed by atoms with Crippen molar-refractivity contribution in [2.45, 2.75) is 249 Å². The number of phosphoric acid groups is 1. The lowest BCUT2D eigenvalue weighted by molar-refractivity contribution is -0.220. The fourth-order valence-electron chi connectivity index (χ4n) is 7.56. The number of amides is 1. The second-order valence-electron chi connectivity index (χ2n) is 17.5. The van der Waals surface area contributed by atoms with Crippen LogP contribution < -0.4 is 5.32 Å². The number of carbonyl (C=O) groups excluding carboxylic acids is 1. The summed E-state index contributed by atoms with van der Waals surface area (Å²) in [5.41, 5.74) is 0. The van der Waals surface area contributed by atoms with Crippen molar-refractivity contribution in [1.82, 2.24) is 5.32 Å². The molecule has 0 aromatic heterocycles. The highest BCUT2D eigenvalue weighted by Gasteiger charge is 2.51. The minimum absolute atomic E-state index is 0.263. The summed E-state index contributed by atoms with van der Waals surface area (Å²) in [6, 6.07) is -1.27. The van der Waals surface area contributed by atoms with Gasteiger partial charge in [-0.15, -0.1) is 0 Å². The van der Waals surface area contributed by atoms with Crippen LogP contribution in [0.2, 0.25) is 0 Å². The highest BCUT2D eigenvalue weighted by Crippen LogP contribution is 2.47. The van der Waals surface area contributed by atoms with Gasteiger partial charge in [-0.2, -0.15) is 0 Å². The number of hydrogen-bond donors (Lipinski definition) is 9. The van der Waals surface area contributed by atoms with Crippen LogP contribution in [-0.4, -0.2) is 108 Å². The maximum atomic E-state index is 13.0. The maximum Gasteiger partial charge on any atom is 0.472 e. The van der Waals surface area contributed by atoms with Gasteiger partial charge >= 0.3 is 7.82 Å². The molecule has 0 bridgehead atoms. The molecule has 14 heteroatoms. The van der Waals surface area contributed by atoms with Gasteiger partial charge in [0.05, 0.1) is 31.3 Å². The number of aliphatic hydroxyl groups is 7. The Hall–Kier alpha value is -1.74. The lowest BCUT2D eigenvalue weighted by atomic mass is 9.85. The van der Waals surface area contributed by atoms with Gasteiger partial charge in [-0.3, -0.25) is 13.8 Å². The van der Waals surface area contributed by atoms with Crippen LogP contribution >= 0.6 is 7.82 Å². The minimum Gasteiger partial charge on any atom is -0.393 e. The monoisotopic (exact) mass is 916 g/mol. The van der Waals surface area contributed by atoms with Crippen molar-refractivity contribution in [3.05, 3.63) is 48.6 Å². The molecular weight excluding hydrogens is 826 g/mol. The number of nitrogens with one attached hydrogen (secondary N) is 1. The molecule has 1 rings (SSSR count). The van der Waals surface area contributed by atoms with Crippen LogP contribution in [0.3, 0.4) is 0 Å². The SMILES string of the molecule is CCCCCC/C=C\CCCCCCCC(O)CC(=O)NC(COP(=O)(O)OC1C(O)C(O)C(O)C(O)C1O)C(O)/C=C/CC/C=C/CC/C=C/CCCCCCCCCCCC. The van der Waals surface area contributed by atoms with Crippen LogP contribution in [0, 0.1) is 0 Å². The Morgan fingerprint density at radius 1 is 0.556 bits per heavy atom. The summed E-state index contributed by atoms with van der Waals surface area (Å²) in [5, 5.41) is 74.5. The number of aliphatic hydroxyl groups excluding tert-OH is 7. The first-order chi connectivity index (χ1) is 30.3. The van der Waals surface area contributed by atoms with Crippen LogP contribution in [-0.2, 0) is 18.4 Å². The van der Waals surface area contributed by atoms with Crippen LogP contribution in [0.25, 0.3) is 0 Å². The Labute approximate surface area is 380 Å². The Morgan fingerprint density at radius 2 is 0.937 bits per heavy atom. The first-order valence-electron chi connectivity index (χ1n) is 24.7. The molecule has 0 radical (unpaired) electrons. The molecule has 8 atom stereocenters. The van der Waals surface area contributed by atoms with Crippen LogP contribution in [0.5, 0.6) is 0 Å². The van der Waals surface area contributed by atoms with Crippen LogP contribution in [0.1, 0.15) is 194 Å². The number of carbonyl (C=O) groups is 1. The number of phosphoric ester groups is 1. The van der Waals surface area contributed by atoms with Gasteiger partial charge in [-0.25, -0.2) is 4.57 Å². The molecule has 368 valence electrons. The molecule has 1 saturated carbocycles. The van der Waals surface area contributed by atoms with E-state index in [9.17, 15) is 50.0 Å². The summed E-state index contributed by atoms with van der Waals surface area (Å²) < 4.78 is 22.9. The van der Waals surface area contributed by atoms with Crippen molar-refractivity contribution >= 4 is 13.7 Å².